The van der Waals surface area contributed by atoms with E-state index < -0.39 is 19.1 Å². The summed E-state index contributed by atoms with van der Waals surface area (Å²) in [5.74, 6) is 0. The van der Waals surface area contributed by atoms with Gasteiger partial charge in [0, 0.05) is 14.3 Å². The van der Waals surface area contributed by atoms with E-state index in [9.17, 15) is 4.21 Å². The van der Waals surface area contributed by atoms with Gasteiger partial charge in [0.1, 0.15) is 11.0 Å². The molecule has 0 bridgehead atoms. The van der Waals surface area contributed by atoms with Gasteiger partial charge < -0.3 is 0 Å². The minimum Gasteiger partial charge on any atom is -0.234 e. The molecule has 0 aliphatic heterocycles. The van der Waals surface area contributed by atoms with Crippen molar-refractivity contribution in [3.05, 3.63) is 12.2 Å². The lowest BCUT2D eigenvalue weighted by atomic mass is 10.3. The fourth-order valence-electron chi connectivity index (χ4n) is 0.731. The van der Waals surface area contributed by atoms with Crippen LogP contribution in [0, 0.1) is 0 Å². The molecule has 0 N–H and O–H groups in total. The summed E-state index contributed by atoms with van der Waals surface area (Å²) in [4.78, 5) is 0. The molecule has 0 rings (SSSR count). The third-order valence-electron chi connectivity index (χ3n) is 1.63. The third kappa shape index (κ3) is 8.75. The second kappa shape index (κ2) is 5.75. The first-order valence-electron chi connectivity index (χ1n) is 5.24. The number of allylic oxidation sites excluding steroid dienone is 2. The van der Waals surface area contributed by atoms with Gasteiger partial charge >= 0.3 is 0 Å². The average molecular weight is 245 g/mol. The Morgan fingerprint density at radius 2 is 1.80 bits per heavy atom. The standard InChI is InChI=1S/C11H23NOSSi/c1-11(2,3)14(13)12-9-7-8-10-15(4,5)6/h7-9H,10H2,1-6H3/b8-7+,12-9+/t14-/m0/s1. The van der Waals surface area contributed by atoms with Gasteiger partial charge in [-0.15, -0.1) is 0 Å². The van der Waals surface area contributed by atoms with Gasteiger partial charge in [0.25, 0.3) is 0 Å². The molecule has 0 amide bonds. The lowest BCUT2D eigenvalue weighted by molar-refractivity contribution is 0.651. The summed E-state index contributed by atoms with van der Waals surface area (Å²) in [6.45, 7) is 12.7. The summed E-state index contributed by atoms with van der Waals surface area (Å²) in [7, 11) is -2.13. The van der Waals surface area contributed by atoms with E-state index in [-0.39, 0.29) is 4.75 Å². The lowest BCUT2D eigenvalue weighted by Crippen LogP contribution is -2.19. The molecule has 0 fully saturated rings. The van der Waals surface area contributed by atoms with Crippen LogP contribution < -0.4 is 0 Å². The average Bonchev–Trinajstić information content (AvgIpc) is 1.99. The predicted molar refractivity (Wildman–Crippen MR) is 73.7 cm³/mol. The monoisotopic (exact) mass is 245 g/mol. The van der Waals surface area contributed by atoms with Crippen molar-refractivity contribution < 1.29 is 4.21 Å². The molecular formula is C11H23NOSSi. The summed E-state index contributed by atoms with van der Waals surface area (Å²) in [5, 5.41) is 0. The number of hydrogen-bond acceptors (Lipinski definition) is 1. The van der Waals surface area contributed by atoms with Crippen LogP contribution in [0.5, 0.6) is 0 Å². The lowest BCUT2D eigenvalue weighted by Gasteiger charge is -2.12. The van der Waals surface area contributed by atoms with Crippen LogP contribution in [-0.4, -0.2) is 23.2 Å². The smallest absolute Gasteiger partial charge is 0.144 e. The van der Waals surface area contributed by atoms with Crippen molar-refractivity contribution in [1.29, 1.82) is 0 Å². The van der Waals surface area contributed by atoms with Crippen LogP contribution in [0.4, 0.5) is 0 Å². The molecule has 15 heavy (non-hydrogen) atoms. The maximum Gasteiger partial charge on any atom is 0.144 e. The Labute approximate surface area is 97.5 Å². The molecule has 0 radical (unpaired) electrons. The molecule has 0 saturated heterocycles. The molecule has 0 aromatic rings. The quantitative estimate of drug-likeness (QED) is 0.551. The highest BCUT2D eigenvalue weighted by Crippen LogP contribution is 2.11. The van der Waals surface area contributed by atoms with Crippen molar-refractivity contribution in [3.63, 3.8) is 0 Å². The molecule has 4 heteroatoms. The maximum absolute atomic E-state index is 11.5. The molecule has 0 saturated carbocycles. The first-order valence-corrected chi connectivity index (χ1v) is 10.1. The van der Waals surface area contributed by atoms with Gasteiger partial charge in [-0.25, -0.2) is 4.21 Å². The molecule has 0 aromatic carbocycles. The van der Waals surface area contributed by atoms with Gasteiger partial charge in [0.15, 0.2) is 0 Å². The Kier molecular flexibility index (Phi) is 5.66. The van der Waals surface area contributed by atoms with Crippen LogP contribution in [0.2, 0.25) is 25.7 Å². The van der Waals surface area contributed by atoms with Crippen molar-refractivity contribution in [3.8, 4) is 0 Å². The Balaban J connectivity index is 4.07. The molecule has 0 spiro atoms. The van der Waals surface area contributed by atoms with Gasteiger partial charge in [0.05, 0.1) is 4.75 Å². The zero-order valence-corrected chi connectivity index (χ0v) is 12.5. The number of nitrogens with zero attached hydrogens (tertiary/aromatic N) is 1. The highest BCUT2D eigenvalue weighted by atomic mass is 32.2. The van der Waals surface area contributed by atoms with Gasteiger partial charge in [0.2, 0.25) is 0 Å². The largest absolute Gasteiger partial charge is 0.234 e. The Hall–Kier alpha value is -0.223. The summed E-state index contributed by atoms with van der Waals surface area (Å²) >= 11 is 0. The van der Waals surface area contributed by atoms with Crippen LogP contribution in [0.15, 0.2) is 16.5 Å². The highest BCUT2D eigenvalue weighted by Gasteiger charge is 2.17. The summed E-state index contributed by atoms with van der Waals surface area (Å²) in [6, 6.07) is 1.14. The highest BCUT2D eigenvalue weighted by molar-refractivity contribution is 7.85. The Bertz CT molecular complexity index is 271. The summed E-state index contributed by atoms with van der Waals surface area (Å²) in [5.41, 5.74) is 0. The number of hydrogen-bond donors (Lipinski definition) is 0. The van der Waals surface area contributed by atoms with E-state index >= 15 is 0 Å². The van der Waals surface area contributed by atoms with E-state index in [0.717, 1.165) is 6.04 Å². The van der Waals surface area contributed by atoms with Gasteiger partial charge in [-0.1, -0.05) is 25.7 Å². The molecule has 0 heterocycles. The zero-order valence-electron chi connectivity index (χ0n) is 10.7. The Morgan fingerprint density at radius 3 is 2.20 bits per heavy atom. The van der Waals surface area contributed by atoms with Crippen molar-refractivity contribution in [2.24, 2.45) is 4.40 Å². The second-order valence-electron chi connectivity index (χ2n) is 5.81. The summed E-state index contributed by atoms with van der Waals surface area (Å²) < 4.78 is 15.2. The third-order valence-corrected chi connectivity index (χ3v) is 4.45. The Morgan fingerprint density at radius 1 is 1.27 bits per heavy atom. The topological polar surface area (TPSA) is 29.4 Å². The molecule has 0 aliphatic rings. The van der Waals surface area contributed by atoms with Crippen molar-refractivity contribution in [1.82, 2.24) is 0 Å². The number of rotatable bonds is 4. The van der Waals surface area contributed by atoms with Crippen LogP contribution in [-0.2, 0) is 11.0 Å². The predicted octanol–water partition coefficient (Wildman–Crippen LogP) is 3.41. The molecule has 1 atom stereocenters. The van der Waals surface area contributed by atoms with Crippen molar-refractivity contribution in [2.45, 2.75) is 51.2 Å². The van der Waals surface area contributed by atoms with Crippen molar-refractivity contribution in [2.75, 3.05) is 0 Å². The van der Waals surface area contributed by atoms with Gasteiger partial charge in [-0.2, -0.15) is 4.40 Å². The SMILES string of the molecule is CC(C)(C)[S@](=O)/N=C/C=C/C[Si](C)(C)C. The molecule has 0 aliphatic carbocycles. The van der Waals surface area contributed by atoms with Crippen LogP contribution in [0.1, 0.15) is 20.8 Å². The molecule has 0 unspecified atom stereocenters. The normalized spacial score (nSPS) is 16.4. The first kappa shape index (κ1) is 14.8. The van der Waals surface area contributed by atoms with E-state index in [0.29, 0.717) is 0 Å². The van der Waals surface area contributed by atoms with Gasteiger partial charge in [-0.3, -0.25) is 0 Å². The maximum atomic E-state index is 11.5. The van der Waals surface area contributed by atoms with Crippen LogP contribution >= 0.6 is 0 Å². The minimum absolute atomic E-state index is 0.261. The van der Waals surface area contributed by atoms with Gasteiger partial charge in [-0.05, 0) is 32.9 Å². The molecule has 88 valence electrons. The van der Waals surface area contributed by atoms with E-state index in [2.05, 4.69) is 30.1 Å². The molecule has 2 nitrogen and oxygen atoms in total. The van der Waals surface area contributed by atoms with E-state index in [1.807, 2.05) is 26.8 Å². The van der Waals surface area contributed by atoms with E-state index in [4.69, 9.17) is 0 Å². The fraction of sp³-hybridized carbons (Fsp3) is 0.727. The zero-order chi connectivity index (χ0) is 12.1. The van der Waals surface area contributed by atoms with Crippen LogP contribution in [0.25, 0.3) is 0 Å². The minimum atomic E-state index is -1.13. The molecule has 0 aromatic heterocycles. The van der Waals surface area contributed by atoms with Crippen molar-refractivity contribution >= 4 is 25.3 Å². The second-order valence-corrected chi connectivity index (χ2v) is 13.3. The van der Waals surface area contributed by atoms with Crippen LogP contribution in [0.3, 0.4) is 0 Å². The molecular weight excluding hydrogens is 222 g/mol. The fourth-order valence-corrected chi connectivity index (χ4v) is 2.07. The first-order chi connectivity index (χ1) is 6.63. The summed E-state index contributed by atoms with van der Waals surface area (Å²) in [6.07, 6.45) is 5.68. The van der Waals surface area contributed by atoms with E-state index in [1.165, 1.54) is 0 Å². The van der Waals surface area contributed by atoms with E-state index in [1.54, 1.807) is 6.21 Å².